The normalized spacial score (nSPS) is 33.6. The molecule has 2 aliphatic carbocycles. The Kier molecular flexibility index (Phi) is 4.13. The molecule has 0 aromatic carbocycles. The van der Waals surface area contributed by atoms with Gasteiger partial charge in [0.05, 0.1) is 11.3 Å². The maximum atomic E-state index is 13.3. The summed E-state index contributed by atoms with van der Waals surface area (Å²) in [5.74, 6) is -0.249. The van der Waals surface area contributed by atoms with Crippen LogP contribution in [0.1, 0.15) is 67.7 Å². The Bertz CT molecular complexity index is 619. The summed E-state index contributed by atoms with van der Waals surface area (Å²) in [6.07, 6.45) is 3.75. The van der Waals surface area contributed by atoms with Crippen molar-refractivity contribution in [3.05, 3.63) is 11.6 Å². The van der Waals surface area contributed by atoms with E-state index < -0.39 is 5.41 Å². The van der Waals surface area contributed by atoms with E-state index in [-0.39, 0.29) is 46.8 Å². The number of rotatable bonds is 3. The molecule has 2 bridgehead atoms. The van der Waals surface area contributed by atoms with Gasteiger partial charge in [-0.1, -0.05) is 53.2 Å². The minimum Gasteiger partial charge on any atom is -0.458 e. The Balaban J connectivity index is 1.80. The Hall–Kier alpha value is -1.32. The predicted molar refractivity (Wildman–Crippen MR) is 95.7 cm³/mol. The van der Waals surface area contributed by atoms with Crippen LogP contribution < -0.4 is 0 Å². The van der Waals surface area contributed by atoms with Crippen molar-refractivity contribution in [3.8, 4) is 0 Å². The van der Waals surface area contributed by atoms with E-state index in [0.29, 0.717) is 6.42 Å². The molecule has 0 aromatic heterocycles. The zero-order valence-electron chi connectivity index (χ0n) is 16.6. The molecule has 1 aliphatic heterocycles. The van der Waals surface area contributed by atoms with E-state index in [2.05, 4.69) is 47.6 Å². The van der Waals surface area contributed by atoms with Crippen LogP contribution in [-0.4, -0.2) is 24.1 Å². The second-order valence-corrected chi connectivity index (χ2v) is 10.6. The van der Waals surface area contributed by atoms with Crippen molar-refractivity contribution >= 4 is 11.9 Å². The fraction of sp³-hybridized carbons (Fsp3) is 0.810. The molecule has 5 atom stereocenters. The van der Waals surface area contributed by atoms with Gasteiger partial charge in [-0.2, -0.15) is 0 Å². The van der Waals surface area contributed by atoms with Gasteiger partial charge in [-0.05, 0) is 30.6 Å². The number of ether oxygens (including phenoxy) is 2. The average molecular weight is 348 g/mol. The van der Waals surface area contributed by atoms with E-state index >= 15 is 0 Å². The van der Waals surface area contributed by atoms with Gasteiger partial charge in [0.1, 0.15) is 12.2 Å². The van der Waals surface area contributed by atoms with Gasteiger partial charge >= 0.3 is 11.9 Å². The van der Waals surface area contributed by atoms with Gasteiger partial charge in [0.2, 0.25) is 0 Å². The lowest BCUT2D eigenvalue weighted by Gasteiger charge is -2.44. The van der Waals surface area contributed by atoms with Crippen LogP contribution in [0.4, 0.5) is 0 Å². The summed E-state index contributed by atoms with van der Waals surface area (Å²) >= 11 is 0. The lowest BCUT2D eigenvalue weighted by molar-refractivity contribution is -0.180. The van der Waals surface area contributed by atoms with E-state index in [9.17, 15) is 9.59 Å². The summed E-state index contributed by atoms with van der Waals surface area (Å²) in [6, 6.07) is 0. The average Bonchev–Trinajstić information content (AvgIpc) is 2.91. The van der Waals surface area contributed by atoms with E-state index in [0.717, 1.165) is 12.8 Å². The molecular formula is C21H32O4. The standard InChI is InChI=1S/C21H32O4/c1-19(2,3)11-21(7,20(4,5)6)18(23)24-15-10-12-8-13-14(9-12)17(22)25-16(13)15/h8,13-16H,9-11H2,1-7H3. The molecule has 25 heavy (non-hydrogen) atoms. The van der Waals surface area contributed by atoms with E-state index in [1.165, 1.54) is 5.57 Å². The molecule has 5 unspecified atom stereocenters. The molecule has 1 fully saturated rings. The van der Waals surface area contributed by atoms with Gasteiger partial charge in [-0.3, -0.25) is 9.59 Å². The lowest BCUT2D eigenvalue weighted by atomic mass is 9.61. The summed E-state index contributed by atoms with van der Waals surface area (Å²) < 4.78 is 11.6. The Morgan fingerprint density at radius 2 is 1.80 bits per heavy atom. The SMILES string of the molecule is CC(C)(C)CC(C)(C(=O)OC1CC2=CC3C(C2)C(=O)OC13)C(C)(C)C. The second-order valence-electron chi connectivity index (χ2n) is 10.6. The summed E-state index contributed by atoms with van der Waals surface area (Å²) in [6.45, 7) is 14.8. The fourth-order valence-electron chi connectivity index (χ4n) is 4.67. The highest BCUT2D eigenvalue weighted by Crippen LogP contribution is 2.51. The summed E-state index contributed by atoms with van der Waals surface area (Å²) in [4.78, 5) is 25.3. The monoisotopic (exact) mass is 348 g/mol. The highest BCUT2D eigenvalue weighted by molar-refractivity contribution is 5.79. The molecule has 0 spiro atoms. The zero-order valence-corrected chi connectivity index (χ0v) is 16.6. The molecule has 0 amide bonds. The van der Waals surface area contributed by atoms with Gasteiger partial charge in [0.15, 0.2) is 0 Å². The summed E-state index contributed by atoms with van der Waals surface area (Å²) in [5, 5.41) is 0. The highest BCUT2D eigenvalue weighted by Gasteiger charge is 2.56. The quantitative estimate of drug-likeness (QED) is 0.564. The van der Waals surface area contributed by atoms with Crippen LogP contribution in [0.3, 0.4) is 0 Å². The number of hydrogen-bond acceptors (Lipinski definition) is 4. The lowest BCUT2D eigenvalue weighted by Crippen LogP contribution is -2.47. The Labute approximate surface area is 151 Å². The molecule has 0 saturated carbocycles. The van der Waals surface area contributed by atoms with Gasteiger partial charge < -0.3 is 9.47 Å². The van der Waals surface area contributed by atoms with Crippen LogP contribution in [0.15, 0.2) is 11.6 Å². The van der Waals surface area contributed by atoms with Crippen molar-refractivity contribution in [2.24, 2.45) is 28.1 Å². The highest BCUT2D eigenvalue weighted by atomic mass is 16.6. The number of carbonyl (C=O) groups excluding carboxylic acids is 2. The molecule has 140 valence electrons. The van der Waals surface area contributed by atoms with Crippen LogP contribution in [0.2, 0.25) is 0 Å². The molecule has 3 aliphatic rings. The first-order chi connectivity index (χ1) is 11.3. The molecule has 1 heterocycles. The molecule has 1 saturated heterocycles. The third-order valence-corrected chi connectivity index (χ3v) is 6.39. The first-order valence-corrected chi connectivity index (χ1v) is 9.43. The van der Waals surface area contributed by atoms with Crippen LogP contribution >= 0.6 is 0 Å². The predicted octanol–water partition coefficient (Wildman–Crippen LogP) is 4.28. The fourth-order valence-corrected chi connectivity index (χ4v) is 4.67. The van der Waals surface area contributed by atoms with E-state index in [1.54, 1.807) is 0 Å². The van der Waals surface area contributed by atoms with Gasteiger partial charge in [-0.15, -0.1) is 0 Å². The summed E-state index contributed by atoms with van der Waals surface area (Å²) in [5.41, 5.74) is 0.436. The van der Waals surface area contributed by atoms with Crippen LogP contribution in [0.5, 0.6) is 0 Å². The topological polar surface area (TPSA) is 52.6 Å². The molecule has 4 heteroatoms. The van der Waals surface area contributed by atoms with Gasteiger partial charge in [0.25, 0.3) is 0 Å². The Morgan fingerprint density at radius 1 is 1.16 bits per heavy atom. The van der Waals surface area contributed by atoms with Crippen molar-refractivity contribution in [1.82, 2.24) is 0 Å². The maximum Gasteiger partial charge on any atom is 0.312 e. The molecule has 0 radical (unpaired) electrons. The van der Waals surface area contributed by atoms with E-state index in [1.807, 2.05) is 6.92 Å². The minimum absolute atomic E-state index is 0.0140. The third kappa shape index (κ3) is 3.13. The number of esters is 2. The van der Waals surface area contributed by atoms with Crippen LogP contribution in [0, 0.1) is 28.1 Å². The molecule has 0 aromatic rings. The van der Waals surface area contributed by atoms with E-state index in [4.69, 9.17) is 9.47 Å². The van der Waals surface area contributed by atoms with Gasteiger partial charge in [0, 0.05) is 12.3 Å². The smallest absolute Gasteiger partial charge is 0.312 e. The molecular weight excluding hydrogens is 316 g/mol. The molecule has 0 N–H and O–H groups in total. The Morgan fingerprint density at radius 3 is 2.36 bits per heavy atom. The van der Waals surface area contributed by atoms with Crippen LogP contribution in [0.25, 0.3) is 0 Å². The number of hydrogen-bond donors (Lipinski definition) is 0. The second kappa shape index (κ2) is 5.59. The largest absolute Gasteiger partial charge is 0.458 e. The van der Waals surface area contributed by atoms with Crippen molar-refractivity contribution in [2.45, 2.75) is 79.9 Å². The zero-order chi connectivity index (χ0) is 18.8. The molecule has 4 nitrogen and oxygen atoms in total. The summed E-state index contributed by atoms with van der Waals surface area (Å²) in [7, 11) is 0. The number of carbonyl (C=O) groups is 2. The van der Waals surface area contributed by atoms with Gasteiger partial charge in [-0.25, -0.2) is 0 Å². The minimum atomic E-state index is -0.599. The van der Waals surface area contributed by atoms with Crippen molar-refractivity contribution in [3.63, 3.8) is 0 Å². The van der Waals surface area contributed by atoms with Crippen LogP contribution in [-0.2, 0) is 19.1 Å². The van der Waals surface area contributed by atoms with Crippen molar-refractivity contribution in [1.29, 1.82) is 0 Å². The van der Waals surface area contributed by atoms with Crippen molar-refractivity contribution in [2.75, 3.05) is 0 Å². The third-order valence-electron chi connectivity index (χ3n) is 6.39. The first-order valence-electron chi connectivity index (χ1n) is 9.43. The van der Waals surface area contributed by atoms with Crippen molar-refractivity contribution < 1.29 is 19.1 Å². The first kappa shape index (κ1) is 18.5. The molecule has 3 rings (SSSR count). The maximum absolute atomic E-state index is 13.3.